The van der Waals surface area contributed by atoms with Crippen molar-refractivity contribution in [3.05, 3.63) is 41.4 Å². The lowest BCUT2D eigenvalue weighted by Crippen LogP contribution is -2.51. The van der Waals surface area contributed by atoms with Crippen LogP contribution in [0.15, 0.2) is 35.7 Å². The van der Waals surface area contributed by atoms with E-state index < -0.39 is 10.0 Å². The number of carbonyl (C=O) groups excluding carboxylic acids is 1. The number of piperidine rings is 1. The van der Waals surface area contributed by atoms with Gasteiger partial charge in [0.05, 0.1) is 11.4 Å². The number of hydrogen-bond acceptors (Lipinski definition) is 6. The highest BCUT2D eigenvalue weighted by molar-refractivity contribution is 7.89. The van der Waals surface area contributed by atoms with Crippen molar-refractivity contribution in [3.8, 4) is 10.6 Å². The van der Waals surface area contributed by atoms with Crippen LogP contribution in [-0.2, 0) is 21.4 Å². The van der Waals surface area contributed by atoms with Gasteiger partial charge in [-0.1, -0.05) is 30.3 Å². The lowest BCUT2D eigenvalue weighted by atomic mass is 9.96. The van der Waals surface area contributed by atoms with E-state index in [1.807, 2.05) is 23.1 Å². The highest BCUT2D eigenvalue weighted by Gasteiger charge is 2.33. The molecule has 1 aromatic heterocycles. The van der Waals surface area contributed by atoms with Crippen LogP contribution in [0, 0.1) is 5.92 Å². The van der Waals surface area contributed by atoms with E-state index in [0.29, 0.717) is 25.9 Å². The smallest absolute Gasteiger partial charge is 0.225 e. The van der Waals surface area contributed by atoms with Crippen LogP contribution < -0.4 is 0 Å². The molecule has 1 amide bonds. The molecule has 2 aliphatic heterocycles. The molecule has 0 aliphatic carbocycles. The fourth-order valence-corrected chi connectivity index (χ4v) is 6.22. The molecule has 4 rings (SSSR count). The van der Waals surface area contributed by atoms with Crippen LogP contribution >= 0.6 is 11.3 Å². The monoisotopic (exact) mass is 462 g/mol. The lowest BCUT2D eigenvalue weighted by molar-refractivity contribution is -0.138. The van der Waals surface area contributed by atoms with Crippen molar-refractivity contribution in [1.29, 1.82) is 0 Å². The molecule has 0 N–H and O–H groups in total. The highest BCUT2D eigenvalue weighted by Crippen LogP contribution is 2.25. The van der Waals surface area contributed by atoms with Gasteiger partial charge in [0.2, 0.25) is 15.9 Å². The second kappa shape index (κ2) is 9.77. The van der Waals surface area contributed by atoms with Crippen LogP contribution in [0.4, 0.5) is 0 Å². The van der Waals surface area contributed by atoms with Crippen LogP contribution in [0.5, 0.6) is 0 Å². The number of carbonyl (C=O) groups is 1. The van der Waals surface area contributed by atoms with Crippen LogP contribution in [0.2, 0.25) is 0 Å². The number of sulfonamides is 1. The molecule has 2 aliphatic rings. The number of aromatic nitrogens is 1. The number of amides is 1. The lowest BCUT2D eigenvalue weighted by Gasteiger charge is -2.38. The first-order valence-electron chi connectivity index (χ1n) is 10.9. The van der Waals surface area contributed by atoms with Crippen molar-refractivity contribution in [2.24, 2.45) is 5.92 Å². The maximum absolute atomic E-state index is 12.9. The van der Waals surface area contributed by atoms with E-state index in [9.17, 15) is 13.2 Å². The van der Waals surface area contributed by atoms with Gasteiger partial charge in [-0.05, 0) is 19.8 Å². The molecule has 1 aromatic carbocycles. The molecule has 2 fully saturated rings. The third kappa shape index (κ3) is 5.34. The topological polar surface area (TPSA) is 73.8 Å². The average molecular weight is 463 g/mol. The van der Waals surface area contributed by atoms with Gasteiger partial charge < -0.3 is 4.90 Å². The van der Waals surface area contributed by atoms with Gasteiger partial charge in [0.25, 0.3) is 0 Å². The Hall–Kier alpha value is -1.81. The Kier molecular flexibility index (Phi) is 7.05. The second-order valence-electron chi connectivity index (χ2n) is 8.19. The Labute approximate surface area is 188 Å². The molecular weight excluding hydrogens is 432 g/mol. The molecule has 2 saturated heterocycles. The molecule has 168 valence electrons. The SMILES string of the molecule is CCS(=O)(=O)N1CCC(C(=O)N2CCN(Cc3csc(-c4ccccc4)n3)CC2)CC1. The van der Waals surface area contributed by atoms with Gasteiger partial charge in [-0.2, -0.15) is 0 Å². The van der Waals surface area contributed by atoms with Crippen molar-refractivity contribution in [2.75, 3.05) is 45.0 Å². The van der Waals surface area contributed by atoms with Crippen LogP contribution in [0.25, 0.3) is 10.6 Å². The zero-order valence-corrected chi connectivity index (χ0v) is 19.6. The van der Waals surface area contributed by atoms with Crippen molar-refractivity contribution in [3.63, 3.8) is 0 Å². The molecule has 0 bridgehead atoms. The summed E-state index contributed by atoms with van der Waals surface area (Å²) in [6.45, 7) is 6.52. The largest absolute Gasteiger partial charge is 0.340 e. The van der Waals surface area contributed by atoms with Crippen molar-refractivity contribution in [1.82, 2.24) is 19.1 Å². The molecule has 0 spiro atoms. The Morgan fingerprint density at radius 1 is 1.06 bits per heavy atom. The third-order valence-electron chi connectivity index (χ3n) is 6.20. The number of hydrogen-bond donors (Lipinski definition) is 0. The molecule has 0 atom stereocenters. The van der Waals surface area contributed by atoms with Gasteiger partial charge in [-0.3, -0.25) is 9.69 Å². The summed E-state index contributed by atoms with van der Waals surface area (Å²) in [5.41, 5.74) is 2.22. The molecular formula is C22H30N4O3S2. The van der Waals surface area contributed by atoms with E-state index in [0.717, 1.165) is 49.0 Å². The average Bonchev–Trinajstić information content (AvgIpc) is 3.28. The predicted octanol–water partition coefficient (Wildman–Crippen LogP) is 2.52. The summed E-state index contributed by atoms with van der Waals surface area (Å²) in [5.74, 6) is 0.259. The third-order valence-corrected chi connectivity index (χ3v) is 9.03. The maximum Gasteiger partial charge on any atom is 0.225 e. The highest BCUT2D eigenvalue weighted by atomic mass is 32.2. The van der Waals surface area contributed by atoms with Crippen LogP contribution in [-0.4, -0.2) is 78.4 Å². The molecule has 3 heterocycles. The first-order chi connectivity index (χ1) is 15.0. The predicted molar refractivity (Wildman–Crippen MR) is 123 cm³/mol. The van der Waals surface area contributed by atoms with E-state index in [-0.39, 0.29) is 17.6 Å². The Balaban J connectivity index is 1.25. The van der Waals surface area contributed by atoms with Gasteiger partial charge in [-0.25, -0.2) is 17.7 Å². The number of rotatable bonds is 6. The zero-order valence-electron chi connectivity index (χ0n) is 17.9. The minimum atomic E-state index is -3.15. The number of benzene rings is 1. The van der Waals surface area contributed by atoms with Crippen molar-refractivity contribution < 1.29 is 13.2 Å². The minimum absolute atomic E-state index is 0.0539. The molecule has 0 radical (unpaired) electrons. The summed E-state index contributed by atoms with van der Waals surface area (Å²) in [5, 5.41) is 3.17. The molecule has 7 nitrogen and oxygen atoms in total. The van der Waals surface area contributed by atoms with E-state index in [2.05, 4.69) is 22.4 Å². The summed E-state index contributed by atoms with van der Waals surface area (Å²) in [6, 6.07) is 10.2. The Bertz CT molecular complexity index is 977. The Morgan fingerprint density at radius 3 is 2.39 bits per heavy atom. The fraction of sp³-hybridized carbons (Fsp3) is 0.545. The zero-order chi connectivity index (χ0) is 21.8. The standard InChI is InChI=1S/C22H30N4O3S2/c1-2-31(28,29)26-10-8-19(9-11-26)22(27)25-14-12-24(13-15-25)16-20-17-30-21(23-20)18-6-4-3-5-7-18/h3-7,17,19H,2,8-16H2,1H3. The summed E-state index contributed by atoms with van der Waals surface area (Å²) >= 11 is 1.67. The summed E-state index contributed by atoms with van der Waals surface area (Å²) in [7, 11) is -3.15. The molecule has 9 heteroatoms. The Morgan fingerprint density at radius 2 is 1.74 bits per heavy atom. The maximum atomic E-state index is 12.9. The summed E-state index contributed by atoms with van der Waals surface area (Å²) < 4.78 is 25.6. The molecule has 31 heavy (non-hydrogen) atoms. The van der Waals surface area contributed by atoms with E-state index in [4.69, 9.17) is 4.98 Å². The number of piperazine rings is 1. The number of thiazole rings is 1. The first kappa shape index (κ1) is 22.4. The van der Waals surface area contributed by atoms with Gasteiger partial charge in [0.15, 0.2) is 0 Å². The van der Waals surface area contributed by atoms with Crippen molar-refractivity contribution in [2.45, 2.75) is 26.3 Å². The normalized spacial score (nSPS) is 19.6. The van der Waals surface area contributed by atoms with Crippen LogP contribution in [0.3, 0.4) is 0 Å². The summed E-state index contributed by atoms with van der Waals surface area (Å²) in [6.07, 6.45) is 1.25. The number of nitrogens with zero attached hydrogens (tertiary/aromatic N) is 4. The minimum Gasteiger partial charge on any atom is -0.340 e. The molecule has 0 unspecified atom stereocenters. The summed E-state index contributed by atoms with van der Waals surface area (Å²) in [4.78, 5) is 22.0. The quantitative estimate of drug-likeness (QED) is 0.660. The van der Waals surface area contributed by atoms with Gasteiger partial charge in [0, 0.05) is 62.7 Å². The van der Waals surface area contributed by atoms with Gasteiger partial charge in [-0.15, -0.1) is 11.3 Å². The first-order valence-corrected chi connectivity index (χ1v) is 13.4. The van der Waals surface area contributed by atoms with E-state index in [1.54, 1.807) is 18.3 Å². The van der Waals surface area contributed by atoms with Crippen molar-refractivity contribution >= 4 is 27.3 Å². The fourth-order valence-electron chi connectivity index (χ4n) is 4.27. The van der Waals surface area contributed by atoms with E-state index in [1.165, 1.54) is 4.31 Å². The van der Waals surface area contributed by atoms with Crippen LogP contribution in [0.1, 0.15) is 25.5 Å². The molecule has 0 saturated carbocycles. The van der Waals surface area contributed by atoms with Gasteiger partial charge >= 0.3 is 0 Å². The van der Waals surface area contributed by atoms with Gasteiger partial charge in [0.1, 0.15) is 5.01 Å². The van der Waals surface area contributed by atoms with E-state index >= 15 is 0 Å². The second-order valence-corrected chi connectivity index (χ2v) is 11.3. The molecule has 2 aromatic rings.